The molecule has 0 unspecified atom stereocenters. The topological polar surface area (TPSA) is 46.3 Å². The van der Waals surface area contributed by atoms with Crippen LogP contribution in [-0.2, 0) is 11.2 Å². The predicted octanol–water partition coefficient (Wildman–Crippen LogP) is 2.99. The van der Waals surface area contributed by atoms with Crippen molar-refractivity contribution in [1.82, 2.24) is 4.90 Å². The molecule has 1 amide bonds. The van der Waals surface area contributed by atoms with E-state index in [9.17, 15) is 4.79 Å². The van der Waals surface area contributed by atoms with Gasteiger partial charge in [0.2, 0.25) is 5.91 Å². The van der Waals surface area contributed by atoms with Gasteiger partial charge in [-0.2, -0.15) is 0 Å². The molecule has 3 heteroatoms. The second-order valence-electron chi connectivity index (χ2n) is 5.54. The third-order valence-corrected chi connectivity index (χ3v) is 4.09. The number of hydrogen-bond donors (Lipinski definition) is 1. The molecular formula is C16H24N2O. The molecule has 0 bridgehead atoms. The van der Waals surface area contributed by atoms with Gasteiger partial charge in [0.05, 0.1) is 0 Å². The highest BCUT2D eigenvalue weighted by atomic mass is 16.2. The average Bonchev–Trinajstić information content (AvgIpc) is 2.45. The van der Waals surface area contributed by atoms with Gasteiger partial charge in [-0.05, 0) is 37.0 Å². The molecule has 2 rings (SSSR count). The minimum Gasteiger partial charge on any atom is -0.399 e. The number of amides is 1. The highest BCUT2D eigenvalue weighted by molar-refractivity contribution is 5.76. The summed E-state index contributed by atoms with van der Waals surface area (Å²) in [7, 11) is 1.96. The Bertz CT molecular complexity index is 425. The Labute approximate surface area is 115 Å². The van der Waals surface area contributed by atoms with E-state index in [1.807, 2.05) is 36.2 Å². The van der Waals surface area contributed by atoms with E-state index < -0.39 is 0 Å². The SMILES string of the molecule is CN(C(=O)CCc1cccc(N)c1)C1CCCCC1. The zero-order chi connectivity index (χ0) is 13.7. The molecule has 0 saturated heterocycles. The average molecular weight is 260 g/mol. The van der Waals surface area contributed by atoms with Gasteiger partial charge in [-0.15, -0.1) is 0 Å². The van der Waals surface area contributed by atoms with Crippen molar-refractivity contribution in [1.29, 1.82) is 0 Å². The first-order valence-electron chi connectivity index (χ1n) is 7.27. The van der Waals surface area contributed by atoms with E-state index in [0.29, 0.717) is 12.5 Å². The third kappa shape index (κ3) is 3.98. The van der Waals surface area contributed by atoms with Crippen LogP contribution in [0.3, 0.4) is 0 Å². The monoisotopic (exact) mass is 260 g/mol. The lowest BCUT2D eigenvalue weighted by atomic mass is 9.94. The minimum atomic E-state index is 0.259. The summed E-state index contributed by atoms with van der Waals surface area (Å²) in [6.45, 7) is 0. The molecule has 0 spiro atoms. The Morgan fingerprint density at radius 3 is 2.74 bits per heavy atom. The van der Waals surface area contributed by atoms with E-state index in [1.54, 1.807) is 0 Å². The number of hydrogen-bond acceptors (Lipinski definition) is 2. The van der Waals surface area contributed by atoms with Gasteiger partial charge in [0, 0.05) is 25.2 Å². The van der Waals surface area contributed by atoms with Crippen LogP contribution in [0.25, 0.3) is 0 Å². The molecule has 1 aromatic rings. The fourth-order valence-corrected chi connectivity index (χ4v) is 2.85. The molecule has 1 fully saturated rings. The Kier molecular flexibility index (Phi) is 4.83. The Hall–Kier alpha value is -1.51. The lowest BCUT2D eigenvalue weighted by molar-refractivity contribution is -0.132. The molecule has 2 N–H and O–H groups in total. The van der Waals surface area contributed by atoms with Crippen LogP contribution in [0, 0.1) is 0 Å². The van der Waals surface area contributed by atoms with E-state index in [-0.39, 0.29) is 5.91 Å². The molecule has 1 aromatic carbocycles. The van der Waals surface area contributed by atoms with Crippen LogP contribution in [0.5, 0.6) is 0 Å². The van der Waals surface area contributed by atoms with Gasteiger partial charge < -0.3 is 10.6 Å². The highest BCUT2D eigenvalue weighted by Crippen LogP contribution is 2.22. The second kappa shape index (κ2) is 6.60. The standard InChI is InChI=1S/C16H24N2O/c1-18(15-8-3-2-4-9-15)16(19)11-10-13-6-5-7-14(17)12-13/h5-7,12,15H,2-4,8-11,17H2,1H3. The molecule has 104 valence electrons. The number of rotatable bonds is 4. The molecule has 0 aromatic heterocycles. The molecule has 1 aliphatic carbocycles. The molecule has 1 saturated carbocycles. The quantitative estimate of drug-likeness (QED) is 0.846. The summed E-state index contributed by atoms with van der Waals surface area (Å²) in [5.41, 5.74) is 7.66. The van der Waals surface area contributed by atoms with Crippen LogP contribution < -0.4 is 5.73 Å². The Balaban J connectivity index is 1.83. The zero-order valence-electron chi connectivity index (χ0n) is 11.8. The fourth-order valence-electron chi connectivity index (χ4n) is 2.85. The van der Waals surface area contributed by atoms with Crippen molar-refractivity contribution in [2.45, 2.75) is 51.0 Å². The van der Waals surface area contributed by atoms with Crippen molar-refractivity contribution in [3.63, 3.8) is 0 Å². The molecule has 1 aliphatic rings. The van der Waals surface area contributed by atoms with E-state index in [0.717, 1.165) is 17.7 Å². The van der Waals surface area contributed by atoms with Crippen molar-refractivity contribution in [2.24, 2.45) is 0 Å². The number of nitrogens with two attached hydrogens (primary N) is 1. The maximum atomic E-state index is 12.2. The van der Waals surface area contributed by atoms with Gasteiger partial charge in [-0.25, -0.2) is 0 Å². The lowest BCUT2D eigenvalue weighted by Gasteiger charge is -2.31. The molecular weight excluding hydrogens is 236 g/mol. The number of carbonyl (C=O) groups is 1. The molecule has 19 heavy (non-hydrogen) atoms. The number of benzene rings is 1. The minimum absolute atomic E-state index is 0.259. The van der Waals surface area contributed by atoms with Crippen LogP contribution in [0.1, 0.15) is 44.1 Å². The maximum absolute atomic E-state index is 12.2. The van der Waals surface area contributed by atoms with Crippen LogP contribution in [0.2, 0.25) is 0 Å². The molecule has 0 heterocycles. The summed E-state index contributed by atoms with van der Waals surface area (Å²) in [5.74, 6) is 0.259. The largest absolute Gasteiger partial charge is 0.399 e. The van der Waals surface area contributed by atoms with E-state index in [2.05, 4.69) is 0 Å². The van der Waals surface area contributed by atoms with E-state index in [1.165, 1.54) is 32.1 Å². The smallest absolute Gasteiger partial charge is 0.222 e. The molecule has 3 nitrogen and oxygen atoms in total. The summed E-state index contributed by atoms with van der Waals surface area (Å²) >= 11 is 0. The summed E-state index contributed by atoms with van der Waals surface area (Å²) in [6, 6.07) is 8.26. The van der Waals surface area contributed by atoms with Gasteiger partial charge in [0.15, 0.2) is 0 Å². The van der Waals surface area contributed by atoms with Crippen LogP contribution >= 0.6 is 0 Å². The first-order chi connectivity index (χ1) is 9.16. The van der Waals surface area contributed by atoms with Crippen molar-refractivity contribution in [3.05, 3.63) is 29.8 Å². The van der Waals surface area contributed by atoms with Gasteiger partial charge >= 0.3 is 0 Å². The van der Waals surface area contributed by atoms with Crippen molar-refractivity contribution in [3.8, 4) is 0 Å². The first-order valence-corrected chi connectivity index (χ1v) is 7.27. The van der Waals surface area contributed by atoms with Crippen LogP contribution in [0.4, 0.5) is 5.69 Å². The number of carbonyl (C=O) groups excluding carboxylic acids is 1. The molecule has 0 radical (unpaired) electrons. The summed E-state index contributed by atoms with van der Waals surface area (Å²) < 4.78 is 0. The van der Waals surface area contributed by atoms with Crippen molar-refractivity contribution in [2.75, 3.05) is 12.8 Å². The Morgan fingerprint density at radius 2 is 2.05 bits per heavy atom. The zero-order valence-corrected chi connectivity index (χ0v) is 11.8. The van der Waals surface area contributed by atoms with Gasteiger partial charge in [-0.1, -0.05) is 31.4 Å². The number of aryl methyl sites for hydroxylation is 1. The van der Waals surface area contributed by atoms with Crippen LogP contribution in [-0.4, -0.2) is 23.9 Å². The normalized spacial score (nSPS) is 16.3. The van der Waals surface area contributed by atoms with Crippen molar-refractivity contribution >= 4 is 11.6 Å². The number of nitrogens with zero attached hydrogens (tertiary/aromatic N) is 1. The number of nitrogen functional groups attached to an aromatic ring is 1. The maximum Gasteiger partial charge on any atom is 0.222 e. The van der Waals surface area contributed by atoms with Gasteiger partial charge in [-0.3, -0.25) is 4.79 Å². The second-order valence-corrected chi connectivity index (χ2v) is 5.54. The number of anilines is 1. The lowest BCUT2D eigenvalue weighted by Crippen LogP contribution is -2.38. The van der Waals surface area contributed by atoms with Gasteiger partial charge in [0.25, 0.3) is 0 Å². The van der Waals surface area contributed by atoms with Crippen LogP contribution in [0.15, 0.2) is 24.3 Å². The van der Waals surface area contributed by atoms with E-state index in [4.69, 9.17) is 5.73 Å². The summed E-state index contributed by atoms with van der Waals surface area (Å²) in [5, 5.41) is 0. The first kappa shape index (κ1) is 13.9. The van der Waals surface area contributed by atoms with Crippen molar-refractivity contribution < 1.29 is 4.79 Å². The summed E-state index contributed by atoms with van der Waals surface area (Å²) in [6.07, 6.45) is 7.54. The molecule has 0 aliphatic heterocycles. The summed E-state index contributed by atoms with van der Waals surface area (Å²) in [4.78, 5) is 14.2. The third-order valence-electron chi connectivity index (χ3n) is 4.09. The highest BCUT2D eigenvalue weighted by Gasteiger charge is 2.21. The molecule has 0 atom stereocenters. The van der Waals surface area contributed by atoms with E-state index >= 15 is 0 Å². The fraction of sp³-hybridized carbons (Fsp3) is 0.562. The van der Waals surface area contributed by atoms with Gasteiger partial charge in [0.1, 0.15) is 0 Å². The predicted molar refractivity (Wildman–Crippen MR) is 78.8 cm³/mol. The Morgan fingerprint density at radius 1 is 1.32 bits per heavy atom.